The Kier molecular flexibility index (Phi) is 2.83. The second-order valence-electron chi connectivity index (χ2n) is 6.37. The molecule has 0 heterocycles. The summed E-state index contributed by atoms with van der Waals surface area (Å²) in [5, 5.41) is 0. The Morgan fingerprint density at radius 2 is 1.20 bits per heavy atom. The molecule has 0 saturated heterocycles. The van der Waals surface area contributed by atoms with Crippen LogP contribution in [0.1, 0.15) is 57.8 Å². The van der Waals surface area contributed by atoms with Gasteiger partial charge in [-0.05, 0) is 36.5 Å². The van der Waals surface area contributed by atoms with Gasteiger partial charge in [-0.1, -0.05) is 50.8 Å². The van der Waals surface area contributed by atoms with Gasteiger partial charge in [0.2, 0.25) is 0 Å². The van der Waals surface area contributed by atoms with Gasteiger partial charge in [0.25, 0.3) is 0 Å². The lowest BCUT2D eigenvalue weighted by molar-refractivity contribution is 0.0523. The molecule has 5 atom stereocenters. The fourth-order valence-electron chi connectivity index (χ4n) is 4.64. The van der Waals surface area contributed by atoms with Crippen molar-refractivity contribution in [3.63, 3.8) is 0 Å². The van der Waals surface area contributed by atoms with E-state index < -0.39 is 0 Å². The maximum atomic E-state index is 6.11. The minimum atomic E-state index is 0.534. The van der Waals surface area contributed by atoms with Crippen LogP contribution in [0.2, 0.25) is 5.82 Å². The first-order chi connectivity index (χ1) is 7.33. The van der Waals surface area contributed by atoms with Gasteiger partial charge in [-0.15, -0.1) is 0 Å². The summed E-state index contributed by atoms with van der Waals surface area (Å²) in [6.45, 7) is 0. The summed E-state index contributed by atoms with van der Waals surface area (Å²) < 4.78 is 0. The molecule has 0 amide bonds. The Balaban J connectivity index is 1.67. The van der Waals surface area contributed by atoms with Crippen LogP contribution in [0.4, 0.5) is 0 Å². The standard InChI is InChI=1S/C14H23B/c15-14-6-5-12-7-10-3-1-2-4-11(10)8-13(12)9-14/h10-14H,1-9H2. The van der Waals surface area contributed by atoms with Gasteiger partial charge in [-0.25, -0.2) is 0 Å². The van der Waals surface area contributed by atoms with E-state index in [2.05, 4.69) is 0 Å². The van der Waals surface area contributed by atoms with Crippen LogP contribution in [0.5, 0.6) is 0 Å². The van der Waals surface area contributed by atoms with Crippen LogP contribution < -0.4 is 0 Å². The molecule has 5 unspecified atom stereocenters. The predicted octanol–water partition coefficient (Wildman–Crippen LogP) is 3.96. The molecule has 82 valence electrons. The maximum absolute atomic E-state index is 6.11. The van der Waals surface area contributed by atoms with Gasteiger partial charge in [0.15, 0.2) is 0 Å². The highest BCUT2D eigenvalue weighted by atomic mass is 14.4. The topological polar surface area (TPSA) is 0 Å². The first-order valence-corrected chi connectivity index (χ1v) is 7.08. The average molecular weight is 202 g/mol. The lowest BCUT2D eigenvalue weighted by Gasteiger charge is -2.47. The van der Waals surface area contributed by atoms with E-state index in [-0.39, 0.29) is 0 Å². The monoisotopic (exact) mass is 202 g/mol. The van der Waals surface area contributed by atoms with Crippen LogP contribution in [0.25, 0.3) is 0 Å². The Bertz CT molecular complexity index is 225. The molecule has 0 aromatic rings. The van der Waals surface area contributed by atoms with E-state index in [0.717, 1.165) is 23.7 Å². The number of hydrogen-bond donors (Lipinski definition) is 0. The van der Waals surface area contributed by atoms with Crippen molar-refractivity contribution < 1.29 is 0 Å². The van der Waals surface area contributed by atoms with E-state index in [0.29, 0.717) is 5.82 Å². The molecule has 0 nitrogen and oxygen atoms in total. The van der Waals surface area contributed by atoms with Crippen LogP contribution in [0.3, 0.4) is 0 Å². The van der Waals surface area contributed by atoms with Crippen molar-refractivity contribution in [1.29, 1.82) is 0 Å². The zero-order valence-corrected chi connectivity index (χ0v) is 9.83. The van der Waals surface area contributed by atoms with Gasteiger partial charge in [0.05, 0.1) is 7.85 Å². The van der Waals surface area contributed by atoms with Crippen molar-refractivity contribution in [2.24, 2.45) is 23.7 Å². The van der Waals surface area contributed by atoms with E-state index in [1.54, 1.807) is 12.8 Å². The first kappa shape index (κ1) is 10.2. The van der Waals surface area contributed by atoms with Crippen molar-refractivity contribution >= 4 is 7.85 Å². The van der Waals surface area contributed by atoms with Crippen LogP contribution in [0.15, 0.2) is 0 Å². The highest BCUT2D eigenvalue weighted by Gasteiger charge is 2.39. The maximum Gasteiger partial charge on any atom is 0.0699 e. The fourth-order valence-corrected chi connectivity index (χ4v) is 4.64. The molecule has 3 fully saturated rings. The summed E-state index contributed by atoms with van der Waals surface area (Å²) in [4.78, 5) is 0. The van der Waals surface area contributed by atoms with E-state index >= 15 is 0 Å². The molecule has 3 saturated carbocycles. The van der Waals surface area contributed by atoms with Crippen LogP contribution >= 0.6 is 0 Å². The molecule has 0 bridgehead atoms. The van der Waals surface area contributed by atoms with Crippen molar-refractivity contribution in [3.8, 4) is 0 Å². The Labute approximate surface area is 95.6 Å². The third-order valence-corrected chi connectivity index (χ3v) is 5.46. The highest BCUT2D eigenvalue weighted by molar-refractivity contribution is 6.11. The van der Waals surface area contributed by atoms with Crippen LogP contribution in [-0.4, -0.2) is 7.85 Å². The number of fused-ring (bicyclic) bond motifs is 2. The molecule has 0 aromatic heterocycles. The predicted molar refractivity (Wildman–Crippen MR) is 65.0 cm³/mol. The third kappa shape index (κ3) is 1.99. The molecule has 0 aliphatic heterocycles. The molecule has 3 aliphatic rings. The fraction of sp³-hybridized carbons (Fsp3) is 1.00. The second kappa shape index (κ2) is 4.15. The van der Waals surface area contributed by atoms with Crippen LogP contribution in [0, 0.1) is 23.7 Å². The third-order valence-electron chi connectivity index (χ3n) is 5.46. The average Bonchev–Trinajstić information content (AvgIpc) is 2.26. The van der Waals surface area contributed by atoms with E-state index in [1.807, 2.05) is 0 Å². The van der Waals surface area contributed by atoms with Gasteiger partial charge in [0, 0.05) is 0 Å². The van der Waals surface area contributed by atoms with Gasteiger partial charge in [-0.3, -0.25) is 0 Å². The van der Waals surface area contributed by atoms with Crippen molar-refractivity contribution in [3.05, 3.63) is 0 Å². The van der Waals surface area contributed by atoms with Crippen molar-refractivity contribution in [2.75, 3.05) is 0 Å². The first-order valence-electron chi connectivity index (χ1n) is 7.08. The minimum absolute atomic E-state index is 0.534. The number of rotatable bonds is 0. The molecule has 0 aromatic carbocycles. The smallest absolute Gasteiger partial charge is 0.0699 e. The van der Waals surface area contributed by atoms with Gasteiger partial charge >= 0.3 is 0 Å². The highest BCUT2D eigenvalue weighted by Crippen LogP contribution is 2.51. The quantitative estimate of drug-likeness (QED) is 0.521. The summed E-state index contributed by atoms with van der Waals surface area (Å²) in [5.41, 5.74) is 0. The molecule has 0 spiro atoms. The minimum Gasteiger partial charge on any atom is -0.0771 e. The lowest BCUT2D eigenvalue weighted by Crippen LogP contribution is -2.36. The largest absolute Gasteiger partial charge is 0.0771 e. The summed E-state index contributed by atoms with van der Waals surface area (Å²) in [5.74, 6) is 4.79. The Hall–Kier alpha value is 0.0649. The molecular weight excluding hydrogens is 179 g/mol. The Morgan fingerprint density at radius 1 is 0.600 bits per heavy atom. The molecule has 2 radical (unpaired) electrons. The van der Waals surface area contributed by atoms with Gasteiger partial charge < -0.3 is 0 Å². The van der Waals surface area contributed by atoms with Gasteiger partial charge in [-0.2, -0.15) is 0 Å². The molecular formula is C14H23B. The van der Waals surface area contributed by atoms with Crippen molar-refractivity contribution in [2.45, 2.75) is 63.6 Å². The summed E-state index contributed by atoms with van der Waals surface area (Å²) in [6.07, 6.45) is 13.3. The zero-order valence-electron chi connectivity index (χ0n) is 9.83. The molecule has 3 rings (SSSR count). The Morgan fingerprint density at radius 3 is 1.93 bits per heavy atom. The lowest BCUT2D eigenvalue weighted by atomic mass is 9.56. The summed E-state index contributed by atoms with van der Waals surface area (Å²) in [6, 6.07) is 0. The SMILES string of the molecule is [B]C1CCC2CC3CCCCC3CC2C1. The van der Waals surface area contributed by atoms with Gasteiger partial charge in [0.1, 0.15) is 0 Å². The van der Waals surface area contributed by atoms with Crippen molar-refractivity contribution in [1.82, 2.24) is 0 Å². The zero-order chi connectivity index (χ0) is 10.3. The summed E-state index contributed by atoms with van der Waals surface area (Å²) in [7, 11) is 6.11. The van der Waals surface area contributed by atoms with E-state index in [1.165, 1.54) is 44.9 Å². The number of hydrogen-bond acceptors (Lipinski definition) is 0. The van der Waals surface area contributed by atoms with E-state index in [4.69, 9.17) is 7.85 Å². The normalized spacial score (nSPS) is 50.5. The second-order valence-corrected chi connectivity index (χ2v) is 6.37. The molecule has 15 heavy (non-hydrogen) atoms. The molecule has 1 heteroatoms. The molecule has 0 N–H and O–H groups in total. The van der Waals surface area contributed by atoms with Crippen LogP contribution in [-0.2, 0) is 0 Å². The van der Waals surface area contributed by atoms with E-state index in [9.17, 15) is 0 Å². The summed E-state index contributed by atoms with van der Waals surface area (Å²) >= 11 is 0. The molecule has 3 aliphatic carbocycles.